The molecule has 4 heteroatoms. The van der Waals surface area contributed by atoms with Gasteiger partial charge in [0.05, 0.1) is 11.0 Å². The summed E-state index contributed by atoms with van der Waals surface area (Å²) in [5.74, 6) is 0.325. The summed E-state index contributed by atoms with van der Waals surface area (Å²) in [5, 5.41) is 10.3. The third-order valence-electron chi connectivity index (χ3n) is 4.24. The number of hydrogen-bond acceptors (Lipinski definition) is 2. The summed E-state index contributed by atoms with van der Waals surface area (Å²) in [4.78, 5) is 0.844. The standard InChI is InChI=1S/C14H19NO2S/c1-10-9-11-7-8-13(14(10)16)15(11)18(17)12-5-3-2-4-6-12/h2-6,10-11,13-14,16H,7-9H2,1H3/t10-,11+,13?,14?,18?/m1/s1. The Morgan fingerprint density at radius 1 is 1.28 bits per heavy atom. The fourth-order valence-electron chi connectivity index (χ4n) is 3.30. The SMILES string of the molecule is C[C@@H]1C[C@@H]2CCC(C1O)N2S(=O)c1ccccc1. The highest BCUT2D eigenvalue weighted by atomic mass is 32.2. The van der Waals surface area contributed by atoms with Crippen molar-refractivity contribution in [3.63, 3.8) is 0 Å². The highest BCUT2D eigenvalue weighted by Gasteiger charge is 2.47. The van der Waals surface area contributed by atoms with E-state index in [1.54, 1.807) is 0 Å². The number of fused-ring (bicyclic) bond motifs is 2. The van der Waals surface area contributed by atoms with Crippen molar-refractivity contribution in [1.29, 1.82) is 0 Å². The van der Waals surface area contributed by atoms with Crippen molar-refractivity contribution in [1.82, 2.24) is 4.31 Å². The molecule has 0 spiro atoms. The molecule has 0 saturated carbocycles. The van der Waals surface area contributed by atoms with Crippen LogP contribution in [0.1, 0.15) is 26.2 Å². The van der Waals surface area contributed by atoms with Crippen LogP contribution < -0.4 is 0 Å². The minimum atomic E-state index is -1.13. The van der Waals surface area contributed by atoms with Gasteiger partial charge in [0.1, 0.15) is 11.0 Å². The van der Waals surface area contributed by atoms with E-state index >= 15 is 0 Å². The number of piperidine rings is 1. The molecule has 0 aliphatic carbocycles. The van der Waals surface area contributed by atoms with Crippen molar-refractivity contribution in [2.24, 2.45) is 5.92 Å². The number of rotatable bonds is 2. The van der Waals surface area contributed by atoms with Crippen LogP contribution in [0.3, 0.4) is 0 Å². The van der Waals surface area contributed by atoms with Crippen LogP contribution in [0, 0.1) is 5.92 Å². The number of hydrogen-bond donors (Lipinski definition) is 1. The van der Waals surface area contributed by atoms with Crippen molar-refractivity contribution >= 4 is 11.0 Å². The summed E-state index contributed by atoms with van der Waals surface area (Å²) in [7, 11) is -1.13. The van der Waals surface area contributed by atoms with Gasteiger partial charge in [-0.3, -0.25) is 0 Å². The molecule has 3 nitrogen and oxygen atoms in total. The summed E-state index contributed by atoms with van der Waals surface area (Å²) in [6, 6.07) is 10.0. The van der Waals surface area contributed by atoms with Gasteiger partial charge in [0.25, 0.3) is 0 Å². The molecule has 0 aromatic heterocycles. The molecule has 1 aromatic rings. The maximum absolute atomic E-state index is 12.6. The van der Waals surface area contributed by atoms with Crippen molar-refractivity contribution in [3.8, 4) is 0 Å². The van der Waals surface area contributed by atoms with E-state index in [2.05, 4.69) is 6.92 Å². The Bertz CT molecular complexity index is 450. The largest absolute Gasteiger partial charge is 0.391 e. The van der Waals surface area contributed by atoms with Crippen molar-refractivity contribution < 1.29 is 9.32 Å². The topological polar surface area (TPSA) is 40.5 Å². The molecule has 1 N–H and O–H groups in total. The monoisotopic (exact) mass is 265 g/mol. The maximum Gasteiger partial charge on any atom is 0.128 e. The number of aliphatic hydroxyl groups excluding tert-OH is 1. The zero-order chi connectivity index (χ0) is 12.7. The van der Waals surface area contributed by atoms with Gasteiger partial charge in [0.2, 0.25) is 0 Å². The second-order valence-electron chi connectivity index (χ2n) is 5.42. The summed E-state index contributed by atoms with van der Waals surface area (Å²) in [6.45, 7) is 2.10. The fourth-order valence-corrected chi connectivity index (χ4v) is 4.87. The van der Waals surface area contributed by atoms with Gasteiger partial charge in [-0.15, -0.1) is 0 Å². The molecule has 2 heterocycles. The van der Waals surface area contributed by atoms with Gasteiger partial charge in [-0.05, 0) is 37.3 Å². The second kappa shape index (κ2) is 4.76. The van der Waals surface area contributed by atoms with Crippen LogP contribution in [0.2, 0.25) is 0 Å². The summed E-state index contributed by atoms with van der Waals surface area (Å²) < 4.78 is 14.7. The maximum atomic E-state index is 12.6. The van der Waals surface area contributed by atoms with Crippen molar-refractivity contribution in [3.05, 3.63) is 30.3 Å². The number of nitrogens with zero attached hydrogens (tertiary/aromatic N) is 1. The third-order valence-corrected chi connectivity index (χ3v) is 5.87. The lowest BCUT2D eigenvalue weighted by Gasteiger charge is -2.40. The molecular formula is C14H19NO2S. The summed E-state index contributed by atoms with van der Waals surface area (Å²) >= 11 is 0. The Balaban J connectivity index is 1.87. The summed E-state index contributed by atoms with van der Waals surface area (Å²) in [6.07, 6.45) is 2.65. The third kappa shape index (κ3) is 1.92. The molecule has 1 aromatic carbocycles. The molecule has 2 aliphatic rings. The van der Waals surface area contributed by atoms with Crippen LogP contribution in [0.5, 0.6) is 0 Å². The first-order valence-electron chi connectivity index (χ1n) is 6.62. The van der Waals surface area contributed by atoms with E-state index in [0.717, 1.165) is 24.2 Å². The van der Waals surface area contributed by atoms with Gasteiger partial charge in [0.15, 0.2) is 0 Å². The Morgan fingerprint density at radius 3 is 2.72 bits per heavy atom. The van der Waals surface area contributed by atoms with Crippen LogP contribution >= 0.6 is 0 Å². The average molecular weight is 265 g/mol. The average Bonchev–Trinajstić information content (AvgIpc) is 2.75. The molecule has 2 bridgehead atoms. The quantitative estimate of drug-likeness (QED) is 0.888. The van der Waals surface area contributed by atoms with Crippen LogP contribution in [0.15, 0.2) is 35.2 Å². The first-order chi connectivity index (χ1) is 8.68. The van der Waals surface area contributed by atoms with E-state index in [4.69, 9.17) is 0 Å². The van der Waals surface area contributed by atoms with Gasteiger partial charge in [-0.1, -0.05) is 25.1 Å². The van der Waals surface area contributed by atoms with Crippen LogP contribution in [-0.2, 0) is 11.0 Å². The Morgan fingerprint density at radius 2 is 2.00 bits per heavy atom. The first-order valence-corrected chi connectivity index (χ1v) is 7.72. The molecule has 2 aliphatic heterocycles. The van der Waals surface area contributed by atoms with E-state index in [9.17, 15) is 9.32 Å². The van der Waals surface area contributed by atoms with E-state index in [-0.39, 0.29) is 12.1 Å². The molecule has 18 heavy (non-hydrogen) atoms. The fraction of sp³-hybridized carbons (Fsp3) is 0.571. The molecule has 2 fully saturated rings. The van der Waals surface area contributed by atoms with Crippen LogP contribution in [-0.4, -0.2) is 31.8 Å². The lowest BCUT2D eigenvalue weighted by Crippen LogP contribution is -2.51. The molecule has 98 valence electrons. The zero-order valence-corrected chi connectivity index (χ0v) is 11.3. The van der Waals surface area contributed by atoms with E-state index in [1.807, 2.05) is 34.6 Å². The molecule has 0 amide bonds. The highest BCUT2D eigenvalue weighted by Crippen LogP contribution is 2.40. The normalized spacial score (nSPS) is 37.7. The lowest BCUT2D eigenvalue weighted by atomic mass is 9.91. The lowest BCUT2D eigenvalue weighted by molar-refractivity contribution is 0.0176. The molecule has 2 saturated heterocycles. The second-order valence-corrected chi connectivity index (χ2v) is 6.82. The first kappa shape index (κ1) is 12.3. The zero-order valence-electron chi connectivity index (χ0n) is 10.5. The van der Waals surface area contributed by atoms with Crippen LogP contribution in [0.4, 0.5) is 0 Å². The number of benzene rings is 1. The van der Waals surface area contributed by atoms with E-state index in [1.165, 1.54) is 0 Å². The predicted molar refractivity (Wildman–Crippen MR) is 71.3 cm³/mol. The molecule has 3 rings (SSSR count). The highest BCUT2D eigenvalue weighted by molar-refractivity contribution is 7.82. The predicted octanol–water partition coefficient (Wildman–Crippen LogP) is 1.94. The van der Waals surface area contributed by atoms with Gasteiger partial charge in [-0.25, -0.2) is 8.51 Å². The van der Waals surface area contributed by atoms with Crippen molar-refractivity contribution in [2.45, 2.75) is 49.3 Å². The van der Waals surface area contributed by atoms with E-state index in [0.29, 0.717) is 12.0 Å². The van der Waals surface area contributed by atoms with Gasteiger partial charge in [0, 0.05) is 12.1 Å². The Hall–Kier alpha value is -0.710. The van der Waals surface area contributed by atoms with Gasteiger partial charge in [-0.2, -0.15) is 0 Å². The molecule has 3 unspecified atom stereocenters. The Kier molecular flexibility index (Phi) is 3.26. The molecular weight excluding hydrogens is 246 g/mol. The van der Waals surface area contributed by atoms with Crippen molar-refractivity contribution in [2.75, 3.05) is 0 Å². The Labute approximate surface area is 110 Å². The smallest absolute Gasteiger partial charge is 0.128 e. The minimum absolute atomic E-state index is 0.0692. The number of aliphatic hydroxyl groups is 1. The van der Waals surface area contributed by atoms with Crippen LogP contribution in [0.25, 0.3) is 0 Å². The van der Waals surface area contributed by atoms with E-state index < -0.39 is 11.0 Å². The van der Waals surface area contributed by atoms with Gasteiger partial charge >= 0.3 is 0 Å². The molecule has 0 radical (unpaired) electrons. The molecule has 5 atom stereocenters. The summed E-state index contributed by atoms with van der Waals surface area (Å²) in [5.41, 5.74) is 0. The van der Waals surface area contributed by atoms with Gasteiger partial charge < -0.3 is 5.11 Å². The minimum Gasteiger partial charge on any atom is -0.391 e.